The van der Waals surface area contributed by atoms with Crippen LogP contribution in [0.5, 0.6) is 5.75 Å². The molecule has 0 unspecified atom stereocenters. The summed E-state index contributed by atoms with van der Waals surface area (Å²) in [7, 11) is -2.46. The maximum absolute atomic E-state index is 12.2. The van der Waals surface area contributed by atoms with Crippen LogP contribution in [0.25, 0.3) is 34.0 Å². The highest BCUT2D eigenvalue weighted by molar-refractivity contribution is 7.96. The lowest BCUT2D eigenvalue weighted by Gasteiger charge is -2.08. The van der Waals surface area contributed by atoms with Crippen LogP contribution in [0.1, 0.15) is 7.43 Å². The molecule has 4 aromatic rings. The number of amides is 2. The summed E-state index contributed by atoms with van der Waals surface area (Å²) in [6.45, 7) is 0. The van der Waals surface area contributed by atoms with Gasteiger partial charge in [0.1, 0.15) is 11.4 Å². The lowest BCUT2D eigenvalue weighted by atomic mass is 10.1. The zero-order chi connectivity index (χ0) is 28.5. The molecule has 0 aliphatic heterocycles. The molecule has 8 N–H and O–H groups in total. The number of carbonyl (C=O) groups excluding carboxylic acids is 2. The number of sulfonamides is 1. The highest BCUT2D eigenvalue weighted by Gasteiger charge is 2.24. The first-order chi connectivity index (χ1) is 17.8. The van der Waals surface area contributed by atoms with Crippen molar-refractivity contribution in [3.8, 4) is 39.8 Å². The van der Waals surface area contributed by atoms with Crippen molar-refractivity contribution in [3.63, 3.8) is 0 Å². The Morgan fingerprint density at radius 1 is 0.925 bits per heavy atom. The van der Waals surface area contributed by atoms with Crippen molar-refractivity contribution in [1.29, 1.82) is 0 Å². The fraction of sp³-hybridized carbons (Fsp3) is 0.0800. The van der Waals surface area contributed by atoms with Gasteiger partial charge in [0.05, 0.1) is 17.0 Å². The van der Waals surface area contributed by atoms with E-state index in [-0.39, 0.29) is 23.6 Å². The fourth-order valence-electron chi connectivity index (χ4n) is 3.12. The minimum atomic E-state index is -3.99. The van der Waals surface area contributed by atoms with E-state index in [0.29, 0.717) is 33.5 Å². The van der Waals surface area contributed by atoms with Crippen molar-refractivity contribution >= 4 is 57.4 Å². The van der Waals surface area contributed by atoms with Gasteiger partial charge in [0.25, 0.3) is 10.5 Å². The maximum Gasteiger partial charge on any atom is 0.273 e. The number of primary sulfonamides is 1. The van der Waals surface area contributed by atoms with Crippen molar-refractivity contribution in [2.75, 3.05) is 7.11 Å². The molecule has 0 aliphatic rings. The van der Waals surface area contributed by atoms with Crippen molar-refractivity contribution in [3.05, 3.63) is 77.8 Å². The summed E-state index contributed by atoms with van der Waals surface area (Å²) in [5.41, 5.74) is 10.8. The zero-order valence-electron chi connectivity index (χ0n) is 20.2. The zero-order valence-corrected chi connectivity index (χ0v) is 23.6. The normalized spacial score (nSPS) is 9.82. The molecule has 216 valence electrons. The molecular weight excluding hydrogens is 600 g/mol. The SMILES string of the molecule is C.COc1ccc(-c2nc(-c3ccccc3)oc2-c2ccccc2S(N)(=O)=O)cc1Cl.NC(=O)S.NC(=O)S.O. The van der Waals surface area contributed by atoms with Crippen molar-refractivity contribution in [2.45, 2.75) is 12.3 Å². The molecule has 1 heterocycles. The summed E-state index contributed by atoms with van der Waals surface area (Å²) >= 11 is 12.5. The summed E-state index contributed by atoms with van der Waals surface area (Å²) in [6.07, 6.45) is 0. The van der Waals surface area contributed by atoms with E-state index < -0.39 is 20.5 Å². The van der Waals surface area contributed by atoms with E-state index in [1.54, 1.807) is 36.4 Å². The first-order valence-electron chi connectivity index (χ1n) is 10.3. The van der Waals surface area contributed by atoms with E-state index in [1.807, 2.05) is 30.3 Å². The van der Waals surface area contributed by atoms with Crippen LogP contribution in [-0.4, -0.2) is 36.5 Å². The minimum absolute atomic E-state index is 0. The number of benzene rings is 3. The van der Waals surface area contributed by atoms with Crippen LogP contribution in [0.2, 0.25) is 5.02 Å². The number of oxazole rings is 1. The number of rotatable bonds is 5. The lowest BCUT2D eigenvalue weighted by Crippen LogP contribution is -2.13. The van der Waals surface area contributed by atoms with Crippen molar-refractivity contribution in [1.82, 2.24) is 4.98 Å². The average molecular weight is 629 g/mol. The van der Waals surface area contributed by atoms with Gasteiger partial charge in [-0.1, -0.05) is 74.6 Å². The van der Waals surface area contributed by atoms with Gasteiger partial charge in [-0.15, -0.1) is 0 Å². The summed E-state index contributed by atoms with van der Waals surface area (Å²) < 4.78 is 35.6. The molecule has 15 heteroatoms. The topological polar surface area (TPSA) is 213 Å². The largest absolute Gasteiger partial charge is 0.495 e. The predicted octanol–water partition coefficient (Wildman–Crippen LogP) is 4.79. The molecule has 0 saturated carbocycles. The summed E-state index contributed by atoms with van der Waals surface area (Å²) in [6, 6.07) is 20.9. The smallest absolute Gasteiger partial charge is 0.273 e. The molecule has 40 heavy (non-hydrogen) atoms. The quantitative estimate of drug-likeness (QED) is 0.195. The first-order valence-corrected chi connectivity index (χ1v) is 13.2. The van der Waals surface area contributed by atoms with Gasteiger partial charge in [0.15, 0.2) is 5.76 Å². The Hall–Kier alpha value is -3.53. The van der Waals surface area contributed by atoms with Gasteiger partial charge in [-0.2, -0.15) is 0 Å². The standard InChI is InChI=1S/C22H17ClN2O4S.2CH3NOS.CH4.H2O/c1-28-18-12-11-15(13-17(18)23)20-21(16-9-5-6-10-19(16)30(24,26)27)29-22(25-20)14-7-3-2-4-8-14;2*2-1(3)4;;/h2-13H,1H3,(H2,24,26,27);2*(H3,2,3,4);1H4;1H2. The van der Waals surface area contributed by atoms with Crippen LogP contribution in [-0.2, 0) is 10.0 Å². The van der Waals surface area contributed by atoms with Crippen LogP contribution >= 0.6 is 36.9 Å². The van der Waals surface area contributed by atoms with Crippen LogP contribution in [0.3, 0.4) is 0 Å². The maximum atomic E-state index is 12.2. The number of hydrogen-bond donors (Lipinski definition) is 5. The third-order valence-electron chi connectivity index (χ3n) is 4.51. The first kappa shape index (κ1) is 36.5. The van der Waals surface area contributed by atoms with Gasteiger partial charge in [-0.05, 0) is 42.5 Å². The summed E-state index contributed by atoms with van der Waals surface area (Å²) in [5.74, 6) is 1.13. The number of halogens is 1. The number of nitrogens with zero attached hydrogens (tertiary/aromatic N) is 1. The Kier molecular flexibility index (Phi) is 15.1. The molecule has 11 nitrogen and oxygen atoms in total. The Labute approximate surface area is 247 Å². The Bertz CT molecular complexity index is 1510. The summed E-state index contributed by atoms with van der Waals surface area (Å²) in [5, 5.41) is 4.55. The fourth-order valence-corrected chi connectivity index (χ4v) is 4.11. The van der Waals surface area contributed by atoms with Crippen molar-refractivity contribution in [2.24, 2.45) is 16.6 Å². The summed E-state index contributed by atoms with van der Waals surface area (Å²) in [4.78, 5) is 22.8. The molecule has 3 aromatic carbocycles. The highest BCUT2D eigenvalue weighted by atomic mass is 35.5. The van der Waals surface area contributed by atoms with E-state index in [0.717, 1.165) is 5.56 Å². The second-order valence-corrected chi connectivity index (χ2v) is 9.95. The number of methoxy groups -OCH3 is 1. The molecule has 1 aromatic heterocycles. The van der Waals surface area contributed by atoms with E-state index in [9.17, 15) is 8.42 Å². The number of ether oxygens (including phenoxy) is 1. The van der Waals surface area contributed by atoms with Crippen LogP contribution in [0.15, 0.2) is 82.1 Å². The molecule has 2 amide bonds. The van der Waals surface area contributed by atoms with Crippen molar-refractivity contribution < 1.29 is 32.6 Å². The number of thiol groups is 2. The van der Waals surface area contributed by atoms with Gasteiger partial charge in [0, 0.05) is 16.7 Å². The molecule has 0 radical (unpaired) electrons. The second kappa shape index (κ2) is 16.5. The molecule has 0 aliphatic carbocycles. The van der Waals surface area contributed by atoms with Gasteiger partial charge < -0.3 is 26.1 Å². The third kappa shape index (κ3) is 10.6. The number of hydrogen-bond acceptors (Lipinski definition) is 7. The van der Waals surface area contributed by atoms with Crippen LogP contribution < -0.4 is 21.3 Å². The predicted molar refractivity (Wildman–Crippen MR) is 163 cm³/mol. The molecular formula is C25H29ClN4O7S3. The van der Waals surface area contributed by atoms with Crippen LogP contribution in [0.4, 0.5) is 9.59 Å². The molecule has 0 saturated heterocycles. The van der Waals surface area contributed by atoms with Gasteiger partial charge in [-0.3, -0.25) is 9.59 Å². The monoisotopic (exact) mass is 628 g/mol. The molecule has 0 spiro atoms. The van der Waals surface area contributed by atoms with Gasteiger partial charge >= 0.3 is 0 Å². The molecule has 0 atom stereocenters. The molecule has 0 bridgehead atoms. The van der Waals surface area contributed by atoms with E-state index in [2.05, 4.69) is 41.7 Å². The van der Waals surface area contributed by atoms with E-state index in [4.69, 9.17) is 35.5 Å². The Morgan fingerprint density at radius 2 is 1.45 bits per heavy atom. The number of aromatic nitrogens is 1. The Balaban J connectivity index is 0.00000135. The van der Waals surface area contributed by atoms with Crippen LogP contribution in [0, 0.1) is 0 Å². The minimum Gasteiger partial charge on any atom is -0.495 e. The third-order valence-corrected chi connectivity index (χ3v) is 5.78. The Morgan fingerprint density at radius 3 is 1.95 bits per heavy atom. The van der Waals surface area contributed by atoms with E-state index in [1.165, 1.54) is 13.2 Å². The number of primary amides is 2. The molecule has 0 fully saturated rings. The molecule has 4 rings (SSSR count). The average Bonchev–Trinajstić information content (AvgIpc) is 3.29. The number of nitrogens with two attached hydrogens (primary N) is 3. The lowest BCUT2D eigenvalue weighted by molar-refractivity contribution is 0.266. The second-order valence-electron chi connectivity index (χ2n) is 7.13. The van der Waals surface area contributed by atoms with Gasteiger partial charge in [0.2, 0.25) is 15.9 Å². The van der Waals surface area contributed by atoms with E-state index >= 15 is 0 Å². The van der Waals surface area contributed by atoms with Gasteiger partial charge in [-0.25, -0.2) is 18.5 Å². The number of carbonyl (C=O) groups is 2. The highest BCUT2D eigenvalue weighted by Crippen LogP contribution is 2.40.